The average molecular weight is 236 g/mol. The van der Waals surface area contributed by atoms with E-state index in [1.807, 2.05) is 38.1 Å². The van der Waals surface area contributed by atoms with Crippen molar-refractivity contribution in [3.63, 3.8) is 0 Å². The Bertz CT molecular complexity index is 372. The summed E-state index contributed by atoms with van der Waals surface area (Å²) in [7, 11) is 0. The molecule has 0 bridgehead atoms. The van der Waals surface area contributed by atoms with Crippen LogP contribution in [0.2, 0.25) is 0 Å². The monoisotopic (exact) mass is 236 g/mol. The summed E-state index contributed by atoms with van der Waals surface area (Å²) in [5.41, 5.74) is 1.61. The largest absolute Gasteiger partial charge is 0.396 e. The van der Waals surface area contributed by atoms with Gasteiger partial charge >= 0.3 is 0 Å². The Morgan fingerprint density at radius 2 is 1.76 bits per heavy atom. The molecule has 3 N–H and O–H groups in total. The fourth-order valence-electron chi connectivity index (χ4n) is 1.27. The van der Waals surface area contributed by atoms with Gasteiger partial charge in [-0.25, -0.2) is 0 Å². The van der Waals surface area contributed by atoms with Crippen molar-refractivity contribution in [3.05, 3.63) is 24.3 Å². The predicted molar refractivity (Wildman–Crippen MR) is 70.1 cm³/mol. The van der Waals surface area contributed by atoms with E-state index >= 15 is 0 Å². The summed E-state index contributed by atoms with van der Waals surface area (Å²) < 4.78 is 0. The van der Waals surface area contributed by atoms with E-state index in [1.54, 1.807) is 0 Å². The summed E-state index contributed by atoms with van der Waals surface area (Å²) >= 11 is 0. The summed E-state index contributed by atoms with van der Waals surface area (Å²) in [4.78, 5) is 10.8. The number of hydrogen-bond donors (Lipinski definition) is 3. The van der Waals surface area contributed by atoms with Gasteiger partial charge in [0.1, 0.15) is 0 Å². The Balaban J connectivity index is 2.54. The third-order valence-electron chi connectivity index (χ3n) is 2.40. The number of hydrogen-bond acceptors (Lipinski definition) is 3. The molecule has 94 valence electrons. The standard InChI is InChI=1S/C13H20N2O2/c1-10(17)15-12-6-4-11(5-7-12)14-8-13(2,3)9-16/h4-7,14,16H,8-9H2,1-3H3,(H,15,17). The van der Waals surface area contributed by atoms with Gasteiger partial charge in [0.05, 0.1) is 0 Å². The number of amides is 1. The van der Waals surface area contributed by atoms with Crippen LogP contribution >= 0.6 is 0 Å². The van der Waals surface area contributed by atoms with Crippen molar-refractivity contribution < 1.29 is 9.90 Å². The molecule has 4 nitrogen and oxygen atoms in total. The lowest BCUT2D eigenvalue weighted by Gasteiger charge is -2.22. The zero-order valence-electron chi connectivity index (χ0n) is 10.6. The van der Waals surface area contributed by atoms with Gasteiger partial charge in [0.25, 0.3) is 0 Å². The van der Waals surface area contributed by atoms with Gasteiger partial charge in [-0.1, -0.05) is 13.8 Å². The Kier molecular flexibility index (Phi) is 4.52. The minimum Gasteiger partial charge on any atom is -0.396 e. The lowest BCUT2D eigenvalue weighted by Crippen LogP contribution is -2.26. The fraction of sp³-hybridized carbons (Fsp3) is 0.462. The van der Waals surface area contributed by atoms with E-state index in [-0.39, 0.29) is 17.9 Å². The van der Waals surface area contributed by atoms with Crippen molar-refractivity contribution in [2.75, 3.05) is 23.8 Å². The number of nitrogens with one attached hydrogen (secondary N) is 2. The minimum absolute atomic E-state index is 0.0767. The van der Waals surface area contributed by atoms with Crippen LogP contribution in [0.25, 0.3) is 0 Å². The average Bonchev–Trinajstić information content (AvgIpc) is 2.28. The molecule has 1 aromatic rings. The van der Waals surface area contributed by atoms with E-state index in [0.29, 0.717) is 6.54 Å². The Hall–Kier alpha value is -1.55. The van der Waals surface area contributed by atoms with Gasteiger partial charge in [0.15, 0.2) is 0 Å². The van der Waals surface area contributed by atoms with E-state index in [4.69, 9.17) is 5.11 Å². The van der Waals surface area contributed by atoms with E-state index in [9.17, 15) is 4.79 Å². The molecule has 0 radical (unpaired) electrons. The molecule has 1 amide bonds. The van der Waals surface area contributed by atoms with Crippen LogP contribution < -0.4 is 10.6 Å². The van der Waals surface area contributed by atoms with Crippen LogP contribution in [0.3, 0.4) is 0 Å². The summed E-state index contributed by atoms with van der Waals surface area (Å²) in [6, 6.07) is 7.49. The number of rotatable bonds is 5. The van der Waals surface area contributed by atoms with Crippen LogP contribution in [-0.2, 0) is 4.79 Å². The smallest absolute Gasteiger partial charge is 0.221 e. The molecule has 0 saturated carbocycles. The second kappa shape index (κ2) is 5.68. The fourth-order valence-corrected chi connectivity index (χ4v) is 1.27. The Labute approximate surface area is 102 Å². The Morgan fingerprint density at radius 1 is 1.24 bits per heavy atom. The summed E-state index contributed by atoms with van der Waals surface area (Å²) in [5, 5.41) is 15.1. The first-order chi connectivity index (χ1) is 7.93. The molecule has 0 fully saturated rings. The summed E-state index contributed by atoms with van der Waals surface area (Å²) in [6.07, 6.45) is 0. The molecule has 0 aliphatic carbocycles. The molecule has 0 heterocycles. The molecule has 0 saturated heterocycles. The first kappa shape index (κ1) is 13.5. The third kappa shape index (κ3) is 4.87. The van der Waals surface area contributed by atoms with Crippen LogP contribution in [0, 0.1) is 5.41 Å². The zero-order valence-corrected chi connectivity index (χ0v) is 10.6. The van der Waals surface area contributed by atoms with Crippen LogP contribution in [0.5, 0.6) is 0 Å². The first-order valence-corrected chi connectivity index (χ1v) is 5.65. The van der Waals surface area contributed by atoms with E-state index < -0.39 is 0 Å². The molecule has 17 heavy (non-hydrogen) atoms. The maximum atomic E-state index is 10.8. The molecule has 1 rings (SSSR count). The van der Waals surface area contributed by atoms with Crippen molar-refractivity contribution >= 4 is 17.3 Å². The lowest BCUT2D eigenvalue weighted by molar-refractivity contribution is -0.114. The van der Waals surface area contributed by atoms with Gasteiger partial charge < -0.3 is 15.7 Å². The van der Waals surface area contributed by atoms with Crippen molar-refractivity contribution in [2.24, 2.45) is 5.41 Å². The first-order valence-electron chi connectivity index (χ1n) is 5.65. The van der Waals surface area contributed by atoms with Gasteiger partial charge in [-0.3, -0.25) is 4.79 Å². The SMILES string of the molecule is CC(=O)Nc1ccc(NCC(C)(C)CO)cc1. The number of benzene rings is 1. The van der Waals surface area contributed by atoms with Crippen LogP contribution in [0.1, 0.15) is 20.8 Å². The van der Waals surface area contributed by atoms with Crippen LogP contribution in [0.15, 0.2) is 24.3 Å². The number of carbonyl (C=O) groups is 1. The van der Waals surface area contributed by atoms with E-state index in [2.05, 4.69) is 10.6 Å². The van der Waals surface area contributed by atoms with Gasteiger partial charge in [-0.05, 0) is 24.3 Å². The maximum absolute atomic E-state index is 10.8. The van der Waals surface area contributed by atoms with Crippen molar-refractivity contribution in [3.8, 4) is 0 Å². The second-order valence-corrected chi connectivity index (χ2v) is 4.93. The molecule has 0 spiro atoms. The molecule has 0 aromatic heterocycles. The lowest BCUT2D eigenvalue weighted by atomic mass is 9.95. The molecule has 0 aliphatic heterocycles. The highest BCUT2D eigenvalue weighted by molar-refractivity contribution is 5.88. The molecule has 4 heteroatoms. The maximum Gasteiger partial charge on any atom is 0.221 e. The van der Waals surface area contributed by atoms with Crippen molar-refractivity contribution in [2.45, 2.75) is 20.8 Å². The van der Waals surface area contributed by atoms with E-state index in [1.165, 1.54) is 6.92 Å². The quantitative estimate of drug-likeness (QED) is 0.733. The van der Waals surface area contributed by atoms with Gasteiger partial charge in [0, 0.05) is 36.9 Å². The normalized spacial score (nSPS) is 11.1. The second-order valence-electron chi connectivity index (χ2n) is 4.93. The summed E-state index contributed by atoms with van der Waals surface area (Å²) in [5.74, 6) is -0.0767. The predicted octanol–water partition coefficient (Wildman–Crippen LogP) is 2.08. The zero-order chi connectivity index (χ0) is 12.9. The molecule has 1 aromatic carbocycles. The molecular formula is C13H20N2O2. The molecule has 0 aliphatic rings. The van der Waals surface area contributed by atoms with Crippen molar-refractivity contribution in [1.82, 2.24) is 0 Å². The number of carbonyl (C=O) groups excluding carboxylic acids is 1. The van der Waals surface area contributed by atoms with Gasteiger partial charge in [-0.15, -0.1) is 0 Å². The highest BCUT2D eigenvalue weighted by Crippen LogP contribution is 2.17. The van der Waals surface area contributed by atoms with Gasteiger partial charge in [0.2, 0.25) is 5.91 Å². The van der Waals surface area contributed by atoms with Crippen LogP contribution in [0.4, 0.5) is 11.4 Å². The number of aliphatic hydroxyl groups is 1. The minimum atomic E-state index is -0.143. The van der Waals surface area contributed by atoms with Crippen molar-refractivity contribution in [1.29, 1.82) is 0 Å². The molecule has 0 atom stereocenters. The highest BCUT2D eigenvalue weighted by Gasteiger charge is 2.15. The van der Waals surface area contributed by atoms with E-state index in [0.717, 1.165) is 11.4 Å². The van der Waals surface area contributed by atoms with Crippen LogP contribution in [-0.4, -0.2) is 24.2 Å². The number of anilines is 2. The topological polar surface area (TPSA) is 61.4 Å². The molecular weight excluding hydrogens is 216 g/mol. The highest BCUT2D eigenvalue weighted by atomic mass is 16.3. The molecule has 0 unspecified atom stereocenters. The van der Waals surface area contributed by atoms with Gasteiger partial charge in [-0.2, -0.15) is 0 Å². The Morgan fingerprint density at radius 3 is 2.24 bits per heavy atom. The summed E-state index contributed by atoms with van der Waals surface area (Å²) in [6.45, 7) is 6.31. The third-order valence-corrected chi connectivity index (χ3v) is 2.40. The number of aliphatic hydroxyl groups excluding tert-OH is 1.